The highest BCUT2D eigenvalue weighted by Crippen LogP contribution is 2.47. The highest BCUT2D eigenvalue weighted by atomic mass is 19.4. The SMILES string of the molecule is CCC[C@H](c1cc(C(F)(F)F)ccc1C(F)(F)F)N1CC[C@H](C(CC)C(=O)O)C[C@H]1c1ccc(C(F)(F)F)cc1. The van der Waals surface area contributed by atoms with Gasteiger partial charge in [-0.3, -0.25) is 9.69 Å². The van der Waals surface area contributed by atoms with Gasteiger partial charge in [-0.05, 0) is 79.6 Å². The summed E-state index contributed by atoms with van der Waals surface area (Å²) >= 11 is 0. The lowest BCUT2D eigenvalue weighted by Crippen LogP contribution is -2.42. The lowest BCUT2D eigenvalue weighted by Gasteiger charge is -2.46. The molecule has 0 amide bonds. The molecule has 1 aliphatic rings. The number of halogens is 9. The molecule has 3 nitrogen and oxygen atoms in total. The lowest BCUT2D eigenvalue weighted by molar-refractivity contribution is -0.145. The number of benzene rings is 2. The Morgan fingerprint density at radius 1 is 0.900 bits per heavy atom. The van der Waals surface area contributed by atoms with Crippen molar-refractivity contribution >= 4 is 5.97 Å². The van der Waals surface area contributed by atoms with Crippen LogP contribution in [-0.4, -0.2) is 22.5 Å². The van der Waals surface area contributed by atoms with Crippen LogP contribution in [0.5, 0.6) is 0 Å². The van der Waals surface area contributed by atoms with Gasteiger partial charge in [0.1, 0.15) is 0 Å². The van der Waals surface area contributed by atoms with Crippen LogP contribution in [0.4, 0.5) is 39.5 Å². The zero-order valence-electron chi connectivity index (χ0n) is 21.8. The average Bonchev–Trinajstić information content (AvgIpc) is 2.86. The third-order valence-corrected chi connectivity index (χ3v) is 7.64. The molecule has 1 N–H and O–H groups in total. The van der Waals surface area contributed by atoms with Crippen LogP contribution in [0.25, 0.3) is 0 Å². The number of hydrogen-bond donors (Lipinski definition) is 1. The van der Waals surface area contributed by atoms with E-state index >= 15 is 0 Å². The van der Waals surface area contributed by atoms with Gasteiger partial charge in [-0.2, -0.15) is 39.5 Å². The number of alkyl halides is 9. The molecule has 1 heterocycles. The number of rotatable bonds is 8. The molecule has 40 heavy (non-hydrogen) atoms. The van der Waals surface area contributed by atoms with Crippen LogP contribution in [0.3, 0.4) is 0 Å². The molecule has 222 valence electrons. The summed E-state index contributed by atoms with van der Waals surface area (Å²) in [6, 6.07) is 3.41. The molecule has 1 saturated heterocycles. The summed E-state index contributed by atoms with van der Waals surface area (Å²) in [5, 5.41) is 9.71. The summed E-state index contributed by atoms with van der Waals surface area (Å²) < 4.78 is 123. The summed E-state index contributed by atoms with van der Waals surface area (Å²) in [6.45, 7) is 3.40. The van der Waals surface area contributed by atoms with E-state index in [9.17, 15) is 49.4 Å². The fraction of sp³-hybridized carbons (Fsp3) is 0.536. The summed E-state index contributed by atoms with van der Waals surface area (Å²) in [6.07, 6.45) is -13.5. The zero-order valence-corrected chi connectivity index (χ0v) is 21.8. The molecule has 0 bridgehead atoms. The Bertz CT molecular complexity index is 1160. The predicted molar refractivity (Wildman–Crippen MR) is 129 cm³/mol. The molecule has 0 radical (unpaired) electrons. The van der Waals surface area contributed by atoms with Crippen molar-refractivity contribution in [3.05, 3.63) is 70.3 Å². The van der Waals surface area contributed by atoms with Crippen LogP contribution in [0, 0.1) is 11.8 Å². The third kappa shape index (κ3) is 7.11. The number of piperidine rings is 1. The van der Waals surface area contributed by atoms with Crippen molar-refractivity contribution in [2.45, 2.75) is 76.6 Å². The summed E-state index contributed by atoms with van der Waals surface area (Å²) in [5.41, 5.74) is -3.64. The highest BCUT2D eigenvalue weighted by molar-refractivity contribution is 5.70. The minimum absolute atomic E-state index is 0.0440. The standard InChI is InChI=1S/C28H30F9NO2/c1-3-5-23(21-15-19(27(32,33)34)10-11-22(21)28(35,36)37)38-13-12-17(20(4-2)25(39)40)14-24(38)16-6-8-18(9-7-16)26(29,30)31/h6-11,15,17,20,23-24H,3-5,12-14H2,1-2H3,(H,39,40)/t17-,20?,23+,24-/m0/s1. The van der Waals surface area contributed by atoms with Crippen LogP contribution in [-0.2, 0) is 23.3 Å². The van der Waals surface area contributed by atoms with Gasteiger partial charge in [0.15, 0.2) is 0 Å². The molecule has 2 aromatic rings. The molecule has 3 rings (SSSR count). The van der Waals surface area contributed by atoms with Gasteiger partial charge in [0.2, 0.25) is 0 Å². The Morgan fingerprint density at radius 2 is 1.48 bits per heavy atom. The van der Waals surface area contributed by atoms with Crippen molar-refractivity contribution in [1.29, 1.82) is 0 Å². The van der Waals surface area contributed by atoms with E-state index in [-0.39, 0.29) is 32.2 Å². The topological polar surface area (TPSA) is 40.5 Å². The smallest absolute Gasteiger partial charge is 0.416 e. The maximum Gasteiger partial charge on any atom is 0.416 e. The zero-order chi connectivity index (χ0) is 30.0. The number of carboxylic acid groups (broad SMARTS) is 1. The molecule has 0 saturated carbocycles. The number of likely N-dealkylation sites (tertiary alicyclic amines) is 1. The molecule has 1 fully saturated rings. The van der Waals surface area contributed by atoms with E-state index < -0.39 is 70.7 Å². The molecular formula is C28H30F9NO2. The van der Waals surface area contributed by atoms with E-state index in [0.717, 1.165) is 12.1 Å². The van der Waals surface area contributed by atoms with Crippen molar-refractivity contribution in [3.8, 4) is 0 Å². The molecule has 0 aliphatic carbocycles. The van der Waals surface area contributed by atoms with Crippen molar-refractivity contribution in [2.75, 3.05) is 6.54 Å². The minimum Gasteiger partial charge on any atom is -0.481 e. The molecular weight excluding hydrogens is 553 g/mol. The maximum absolute atomic E-state index is 14.1. The largest absolute Gasteiger partial charge is 0.481 e. The second-order valence-electron chi connectivity index (χ2n) is 10.1. The van der Waals surface area contributed by atoms with E-state index in [2.05, 4.69) is 0 Å². The van der Waals surface area contributed by atoms with Crippen molar-refractivity contribution in [3.63, 3.8) is 0 Å². The van der Waals surface area contributed by atoms with Crippen LogP contribution in [0.2, 0.25) is 0 Å². The van der Waals surface area contributed by atoms with E-state index in [1.165, 1.54) is 12.1 Å². The molecule has 1 unspecified atom stereocenters. The van der Waals surface area contributed by atoms with Gasteiger partial charge < -0.3 is 5.11 Å². The number of hydrogen-bond acceptors (Lipinski definition) is 2. The molecule has 0 spiro atoms. The van der Waals surface area contributed by atoms with Crippen molar-refractivity contribution in [2.24, 2.45) is 11.8 Å². The average molecular weight is 584 g/mol. The van der Waals surface area contributed by atoms with E-state index in [1.807, 2.05) is 0 Å². The molecule has 0 aromatic heterocycles. The van der Waals surface area contributed by atoms with Crippen LogP contribution < -0.4 is 0 Å². The number of nitrogens with zero attached hydrogens (tertiary/aromatic N) is 1. The van der Waals surface area contributed by atoms with E-state index in [4.69, 9.17) is 0 Å². The molecule has 4 atom stereocenters. The van der Waals surface area contributed by atoms with E-state index in [0.29, 0.717) is 30.2 Å². The normalized spacial score (nSPS) is 20.8. The highest BCUT2D eigenvalue weighted by Gasteiger charge is 2.43. The Hall–Kier alpha value is -2.76. The van der Waals surface area contributed by atoms with Gasteiger partial charge in [0, 0.05) is 12.1 Å². The van der Waals surface area contributed by atoms with Gasteiger partial charge in [-0.1, -0.05) is 32.4 Å². The van der Waals surface area contributed by atoms with Crippen molar-refractivity contribution < 1.29 is 49.4 Å². The number of carboxylic acids is 1. The Morgan fingerprint density at radius 3 is 1.95 bits per heavy atom. The minimum atomic E-state index is -4.95. The summed E-state index contributed by atoms with van der Waals surface area (Å²) in [7, 11) is 0. The molecule has 2 aromatic carbocycles. The third-order valence-electron chi connectivity index (χ3n) is 7.64. The lowest BCUT2D eigenvalue weighted by atomic mass is 9.76. The van der Waals surface area contributed by atoms with Crippen LogP contribution in [0.1, 0.15) is 85.9 Å². The fourth-order valence-corrected chi connectivity index (χ4v) is 5.73. The van der Waals surface area contributed by atoms with Crippen LogP contribution in [0.15, 0.2) is 42.5 Å². The fourth-order valence-electron chi connectivity index (χ4n) is 5.73. The van der Waals surface area contributed by atoms with Crippen LogP contribution >= 0.6 is 0 Å². The Labute approximate surface area is 226 Å². The Kier molecular flexibility index (Phi) is 9.53. The first-order valence-corrected chi connectivity index (χ1v) is 12.9. The predicted octanol–water partition coefficient (Wildman–Crippen LogP) is 9.15. The first-order valence-electron chi connectivity index (χ1n) is 12.9. The second-order valence-corrected chi connectivity index (χ2v) is 10.1. The van der Waals surface area contributed by atoms with E-state index in [1.54, 1.807) is 18.7 Å². The summed E-state index contributed by atoms with van der Waals surface area (Å²) in [4.78, 5) is 13.5. The second kappa shape index (κ2) is 12.0. The van der Waals surface area contributed by atoms with Gasteiger partial charge in [0.25, 0.3) is 0 Å². The quantitative estimate of drug-likeness (QED) is 0.315. The first-order chi connectivity index (χ1) is 18.5. The van der Waals surface area contributed by atoms with Gasteiger partial charge in [0.05, 0.1) is 22.6 Å². The van der Waals surface area contributed by atoms with Gasteiger partial charge >= 0.3 is 24.5 Å². The number of carbonyl (C=O) groups is 1. The van der Waals surface area contributed by atoms with Gasteiger partial charge in [-0.15, -0.1) is 0 Å². The maximum atomic E-state index is 14.1. The summed E-state index contributed by atoms with van der Waals surface area (Å²) in [5.74, 6) is -2.28. The van der Waals surface area contributed by atoms with Gasteiger partial charge in [-0.25, -0.2) is 0 Å². The first kappa shape index (κ1) is 31.8. The molecule has 1 aliphatic heterocycles. The molecule has 12 heteroatoms. The number of aliphatic carboxylic acids is 1. The Balaban J connectivity index is 2.17. The monoisotopic (exact) mass is 583 g/mol. The van der Waals surface area contributed by atoms with Crippen molar-refractivity contribution in [1.82, 2.24) is 4.90 Å².